The first-order valence-corrected chi connectivity index (χ1v) is 11.9. The molecule has 1 spiro atoms. The average Bonchev–Trinajstić information content (AvgIpc) is 3.05. The number of fused-ring (bicyclic) bond motifs is 2. The second kappa shape index (κ2) is 7.88. The van der Waals surface area contributed by atoms with Crippen molar-refractivity contribution in [2.45, 2.75) is 23.4 Å². The maximum Gasteiger partial charge on any atom is 0.325 e. The molecule has 1 N–H and O–H groups in total. The monoisotopic (exact) mass is 457 g/mol. The number of carbonyl (C=O) groups excluding carboxylic acids is 2. The van der Waals surface area contributed by atoms with Gasteiger partial charge in [0.1, 0.15) is 5.75 Å². The molecule has 2 aromatic rings. The normalized spacial score (nSPS) is 23.7. The fourth-order valence-electron chi connectivity index (χ4n) is 4.44. The van der Waals surface area contributed by atoms with Crippen molar-refractivity contribution in [3.8, 4) is 5.75 Å². The average molecular weight is 458 g/mol. The Morgan fingerprint density at radius 2 is 1.78 bits per heavy atom. The Hall–Kier alpha value is -2.95. The molecule has 0 radical (unpaired) electrons. The van der Waals surface area contributed by atoms with E-state index in [0.717, 1.165) is 4.90 Å². The molecular formula is C22H23N3O6S. The maximum absolute atomic E-state index is 13.4. The summed E-state index contributed by atoms with van der Waals surface area (Å²) in [6.45, 7) is 1.59. The Morgan fingerprint density at radius 3 is 2.59 bits per heavy atom. The molecular weight excluding hydrogens is 434 g/mol. The van der Waals surface area contributed by atoms with Crippen LogP contribution in [0.25, 0.3) is 0 Å². The van der Waals surface area contributed by atoms with Crippen molar-refractivity contribution in [1.82, 2.24) is 14.5 Å². The van der Waals surface area contributed by atoms with E-state index in [2.05, 4.69) is 5.32 Å². The number of hydrogen-bond donors (Lipinski definition) is 1. The summed E-state index contributed by atoms with van der Waals surface area (Å²) in [5.74, 6) is 0.215. The molecule has 0 saturated carbocycles. The summed E-state index contributed by atoms with van der Waals surface area (Å²) in [5.41, 5.74) is 0.0274. The second-order valence-electron chi connectivity index (χ2n) is 7.99. The number of nitrogens with zero attached hydrogens (tertiary/aromatic N) is 2. The molecule has 2 aromatic carbocycles. The van der Waals surface area contributed by atoms with Gasteiger partial charge in [0, 0.05) is 25.1 Å². The fourth-order valence-corrected chi connectivity index (χ4v) is 5.92. The molecule has 1 atom stereocenters. The van der Waals surface area contributed by atoms with Gasteiger partial charge in [0.25, 0.3) is 5.91 Å². The van der Waals surface area contributed by atoms with Crippen LogP contribution >= 0.6 is 0 Å². The molecule has 0 bridgehead atoms. The van der Waals surface area contributed by atoms with Gasteiger partial charge in [-0.2, -0.15) is 4.31 Å². The molecule has 3 amide bonds. The summed E-state index contributed by atoms with van der Waals surface area (Å²) in [4.78, 5) is 27.5. The molecule has 2 saturated heterocycles. The van der Waals surface area contributed by atoms with Gasteiger partial charge in [-0.05, 0) is 23.8 Å². The van der Waals surface area contributed by atoms with E-state index < -0.39 is 21.6 Å². The van der Waals surface area contributed by atoms with Gasteiger partial charge in [-0.25, -0.2) is 13.2 Å². The predicted octanol–water partition coefficient (Wildman–Crippen LogP) is 1.44. The van der Waals surface area contributed by atoms with Crippen molar-refractivity contribution in [1.29, 1.82) is 0 Å². The zero-order valence-corrected chi connectivity index (χ0v) is 18.1. The lowest BCUT2D eigenvalue weighted by Crippen LogP contribution is -2.47. The molecule has 9 nitrogen and oxygen atoms in total. The molecule has 3 aliphatic heterocycles. The third-order valence-electron chi connectivity index (χ3n) is 6.10. The van der Waals surface area contributed by atoms with Gasteiger partial charge in [0.05, 0.1) is 31.3 Å². The summed E-state index contributed by atoms with van der Waals surface area (Å²) >= 11 is 0. The molecule has 5 rings (SSSR count). The summed E-state index contributed by atoms with van der Waals surface area (Å²) in [6.07, 6.45) is 0.330. The Labute approximate surface area is 186 Å². The number of sulfonamides is 1. The summed E-state index contributed by atoms with van der Waals surface area (Å²) < 4.78 is 38.2. The summed E-state index contributed by atoms with van der Waals surface area (Å²) in [7, 11) is -3.68. The van der Waals surface area contributed by atoms with Crippen molar-refractivity contribution in [3.05, 3.63) is 59.7 Å². The zero-order valence-electron chi connectivity index (χ0n) is 17.3. The third kappa shape index (κ3) is 3.35. The minimum atomic E-state index is -3.68. The van der Waals surface area contributed by atoms with Crippen LogP contribution in [0.5, 0.6) is 5.75 Å². The van der Waals surface area contributed by atoms with Crippen molar-refractivity contribution >= 4 is 22.0 Å². The van der Waals surface area contributed by atoms with Crippen LogP contribution in [0.15, 0.2) is 53.4 Å². The smallest absolute Gasteiger partial charge is 0.325 e. The summed E-state index contributed by atoms with van der Waals surface area (Å²) in [6, 6.07) is 13.1. The molecule has 3 aliphatic rings. The van der Waals surface area contributed by atoms with Crippen LogP contribution in [0.4, 0.5) is 4.79 Å². The Bertz CT molecular complexity index is 1180. The first-order chi connectivity index (χ1) is 15.4. The molecule has 10 heteroatoms. The zero-order chi connectivity index (χ0) is 22.3. The maximum atomic E-state index is 13.4. The molecule has 2 fully saturated rings. The van der Waals surface area contributed by atoms with E-state index in [0.29, 0.717) is 56.2 Å². The van der Waals surface area contributed by atoms with Gasteiger partial charge in [-0.1, -0.05) is 30.3 Å². The van der Waals surface area contributed by atoms with Gasteiger partial charge in [-0.15, -0.1) is 0 Å². The lowest BCUT2D eigenvalue weighted by atomic mass is 9.84. The number of nitrogens with one attached hydrogen (secondary N) is 1. The van der Waals surface area contributed by atoms with Crippen LogP contribution < -0.4 is 10.1 Å². The lowest BCUT2D eigenvalue weighted by molar-refractivity contribution is -0.133. The summed E-state index contributed by atoms with van der Waals surface area (Å²) in [5, 5.41) is 2.86. The van der Waals surface area contributed by atoms with Crippen LogP contribution in [0, 0.1) is 0 Å². The minimum absolute atomic E-state index is 0.0259. The first kappa shape index (κ1) is 20.9. The number of benzene rings is 2. The highest BCUT2D eigenvalue weighted by Gasteiger charge is 2.54. The van der Waals surface area contributed by atoms with E-state index in [9.17, 15) is 18.0 Å². The highest BCUT2D eigenvalue weighted by molar-refractivity contribution is 7.89. The van der Waals surface area contributed by atoms with E-state index >= 15 is 0 Å². The molecule has 0 aliphatic carbocycles. The number of urea groups is 1. The fraction of sp³-hybridized carbons (Fsp3) is 0.364. The van der Waals surface area contributed by atoms with Gasteiger partial charge in [0.2, 0.25) is 10.0 Å². The van der Waals surface area contributed by atoms with E-state index in [-0.39, 0.29) is 17.3 Å². The molecule has 168 valence electrons. The third-order valence-corrected chi connectivity index (χ3v) is 8.00. The van der Waals surface area contributed by atoms with E-state index in [1.807, 2.05) is 6.07 Å². The number of ether oxygens (including phenoxy) is 2. The molecule has 0 aromatic heterocycles. The number of hydrogen-bond acceptors (Lipinski definition) is 6. The highest BCUT2D eigenvalue weighted by atomic mass is 32.2. The van der Waals surface area contributed by atoms with E-state index in [1.165, 1.54) is 16.4 Å². The standard InChI is InChI=1S/C22H23N3O6S/c26-20-22(8-11-31-19-7-2-1-6-18(19)22)23-21(27)25(20)15-16-4-3-5-17(14-16)32(28,29)24-9-12-30-13-10-24/h1-7,14H,8-13,15H2,(H,23,27)/t22-/m1/s1. The Kier molecular flexibility index (Phi) is 5.15. The largest absolute Gasteiger partial charge is 0.493 e. The van der Waals surface area contributed by atoms with Crippen LogP contribution in [-0.4, -0.2) is 62.5 Å². The molecule has 0 unspecified atom stereocenters. The van der Waals surface area contributed by atoms with Crippen molar-refractivity contribution in [2.24, 2.45) is 0 Å². The van der Waals surface area contributed by atoms with Gasteiger partial charge in [-0.3, -0.25) is 9.69 Å². The predicted molar refractivity (Wildman–Crippen MR) is 113 cm³/mol. The lowest BCUT2D eigenvalue weighted by Gasteiger charge is -2.33. The number of imide groups is 1. The molecule has 3 heterocycles. The van der Waals surface area contributed by atoms with Gasteiger partial charge < -0.3 is 14.8 Å². The van der Waals surface area contributed by atoms with Crippen LogP contribution in [0.1, 0.15) is 17.5 Å². The SMILES string of the molecule is O=C1N[C@@]2(CCOc3ccccc32)C(=O)N1Cc1cccc(S(=O)(=O)N2CCOCC2)c1. The topological polar surface area (TPSA) is 105 Å². The highest BCUT2D eigenvalue weighted by Crippen LogP contribution is 2.41. The molecule has 32 heavy (non-hydrogen) atoms. The Morgan fingerprint density at radius 1 is 1.00 bits per heavy atom. The first-order valence-electron chi connectivity index (χ1n) is 10.5. The quantitative estimate of drug-likeness (QED) is 0.697. The van der Waals surface area contributed by atoms with Crippen LogP contribution in [0.2, 0.25) is 0 Å². The van der Waals surface area contributed by atoms with Gasteiger partial charge >= 0.3 is 6.03 Å². The van der Waals surface area contributed by atoms with Crippen molar-refractivity contribution in [2.75, 3.05) is 32.9 Å². The van der Waals surface area contributed by atoms with Crippen LogP contribution in [0.3, 0.4) is 0 Å². The van der Waals surface area contributed by atoms with Crippen molar-refractivity contribution < 1.29 is 27.5 Å². The van der Waals surface area contributed by atoms with E-state index in [1.54, 1.807) is 30.3 Å². The number of carbonyl (C=O) groups is 2. The van der Waals surface area contributed by atoms with E-state index in [4.69, 9.17) is 9.47 Å². The Balaban J connectivity index is 1.42. The second-order valence-corrected chi connectivity index (χ2v) is 9.92. The number of amides is 3. The van der Waals surface area contributed by atoms with Crippen LogP contribution in [-0.2, 0) is 31.6 Å². The number of morpholine rings is 1. The van der Waals surface area contributed by atoms with Gasteiger partial charge in [0.15, 0.2) is 5.54 Å². The number of para-hydroxylation sites is 1. The minimum Gasteiger partial charge on any atom is -0.493 e. The number of rotatable bonds is 4. The van der Waals surface area contributed by atoms with Crippen molar-refractivity contribution in [3.63, 3.8) is 0 Å².